The highest BCUT2D eigenvalue weighted by Crippen LogP contribution is 2.31. The van der Waals surface area contributed by atoms with Crippen LogP contribution in [0.3, 0.4) is 0 Å². The molecule has 2 atom stereocenters. The average Bonchev–Trinajstić information content (AvgIpc) is 3.25. The van der Waals surface area contributed by atoms with Gasteiger partial charge >= 0.3 is 0 Å². The maximum Gasteiger partial charge on any atom is 0.237 e. The minimum Gasteiger partial charge on any atom is -0.325 e. The quantitative estimate of drug-likeness (QED) is 0.375. The van der Waals surface area contributed by atoms with E-state index in [1.807, 2.05) is 4.57 Å². The Labute approximate surface area is 180 Å². The van der Waals surface area contributed by atoms with Crippen molar-refractivity contribution < 1.29 is 18.0 Å². The molecule has 1 fully saturated rings. The van der Waals surface area contributed by atoms with E-state index in [4.69, 9.17) is 0 Å². The number of nitrogens with zero attached hydrogens (tertiary/aromatic N) is 3. The normalized spacial score (nSPS) is 18.7. The van der Waals surface area contributed by atoms with Gasteiger partial charge in [-0.15, -0.1) is 16.8 Å². The van der Waals surface area contributed by atoms with Crippen LogP contribution in [0.1, 0.15) is 42.4 Å². The van der Waals surface area contributed by atoms with Crippen LogP contribution in [0, 0.1) is 0 Å². The summed E-state index contributed by atoms with van der Waals surface area (Å²) in [7, 11) is -3.04. The molecule has 160 valence electrons. The third kappa shape index (κ3) is 5.17. The van der Waals surface area contributed by atoms with Gasteiger partial charge in [-0.3, -0.25) is 9.59 Å². The Bertz CT molecular complexity index is 1060. The number of thioether (sulfide) groups is 1. The highest BCUT2D eigenvalue weighted by molar-refractivity contribution is 8.00. The van der Waals surface area contributed by atoms with Gasteiger partial charge in [0, 0.05) is 23.7 Å². The SMILES string of the molecule is C=CCn1c(S[C@@H](C)C(=O)Nc2ccc(C(C)=O)cc2)nnc1[C@H]1CCS(=O)(=O)C1. The minimum atomic E-state index is -3.04. The number of Topliss-reactive ketones (excluding diaryl/α,β-unsaturated/α-hetero) is 1. The summed E-state index contributed by atoms with van der Waals surface area (Å²) < 4.78 is 25.5. The molecule has 1 amide bonds. The predicted octanol–water partition coefficient (Wildman–Crippen LogP) is 2.69. The summed E-state index contributed by atoms with van der Waals surface area (Å²) in [6, 6.07) is 6.70. The van der Waals surface area contributed by atoms with Crippen LogP contribution in [-0.4, -0.2) is 51.6 Å². The molecule has 3 rings (SSSR count). The van der Waals surface area contributed by atoms with Gasteiger partial charge in [-0.25, -0.2) is 8.42 Å². The first kappa shape index (κ1) is 22.2. The second-order valence-electron chi connectivity index (χ2n) is 7.22. The number of carbonyl (C=O) groups is 2. The summed E-state index contributed by atoms with van der Waals surface area (Å²) in [6.45, 7) is 7.44. The molecule has 0 saturated carbocycles. The van der Waals surface area contributed by atoms with Crippen molar-refractivity contribution in [3.05, 3.63) is 48.3 Å². The van der Waals surface area contributed by atoms with Crippen LogP contribution in [0.5, 0.6) is 0 Å². The van der Waals surface area contributed by atoms with Gasteiger partial charge in [0.1, 0.15) is 5.82 Å². The predicted molar refractivity (Wildman–Crippen MR) is 117 cm³/mol. The zero-order valence-corrected chi connectivity index (χ0v) is 18.5. The first-order valence-corrected chi connectivity index (χ1v) is 12.2. The second kappa shape index (κ2) is 9.13. The lowest BCUT2D eigenvalue weighted by atomic mass is 10.1. The number of carbonyl (C=O) groups excluding carboxylic acids is 2. The molecule has 0 radical (unpaired) electrons. The largest absolute Gasteiger partial charge is 0.325 e. The molecule has 1 aliphatic heterocycles. The molecule has 2 aromatic rings. The van der Waals surface area contributed by atoms with Crippen LogP contribution in [0.15, 0.2) is 42.1 Å². The zero-order valence-electron chi connectivity index (χ0n) is 16.9. The molecule has 2 heterocycles. The Morgan fingerprint density at radius 1 is 1.33 bits per heavy atom. The van der Waals surface area contributed by atoms with E-state index < -0.39 is 15.1 Å². The van der Waals surface area contributed by atoms with Gasteiger partial charge in [-0.05, 0) is 44.5 Å². The van der Waals surface area contributed by atoms with E-state index in [1.54, 1.807) is 37.3 Å². The van der Waals surface area contributed by atoms with Crippen molar-refractivity contribution in [2.75, 3.05) is 16.8 Å². The zero-order chi connectivity index (χ0) is 21.9. The number of anilines is 1. The summed E-state index contributed by atoms with van der Waals surface area (Å²) >= 11 is 1.25. The van der Waals surface area contributed by atoms with E-state index in [0.717, 1.165) is 0 Å². The standard InChI is InChI=1S/C20H24N4O4S2/c1-4-10-24-18(16-9-11-30(27,28)12-16)22-23-20(24)29-14(3)19(26)21-17-7-5-15(6-8-17)13(2)25/h4-8,14,16H,1,9-12H2,2-3H3,(H,21,26)/t14-,16-/m0/s1. The summed E-state index contributed by atoms with van der Waals surface area (Å²) in [4.78, 5) is 24.0. The molecule has 1 N–H and O–H groups in total. The molecule has 0 unspecified atom stereocenters. The van der Waals surface area contributed by atoms with Crippen molar-refractivity contribution in [1.82, 2.24) is 14.8 Å². The number of ketones is 1. The Morgan fingerprint density at radius 2 is 2.03 bits per heavy atom. The van der Waals surface area contributed by atoms with Crippen LogP contribution < -0.4 is 5.32 Å². The Hall–Kier alpha value is -2.46. The molecule has 1 aliphatic rings. The van der Waals surface area contributed by atoms with Crippen molar-refractivity contribution in [1.29, 1.82) is 0 Å². The molecule has 10 heteroatoms. The number of amides is 1. The second-order valence-corrected chi connectivity index (χ2v) is 10.8. The molecular formula is C20H24N4O4S2. The number of rotatable bonds is 8. The fraction of sp³-hybridized carbons (Fsp3) is 0.400. The Morgan fingerprint density at radius 3 is 2.60 bits per heavy atom. The molecule has 1 aromatic carbocycles. The van der Waals surface area contributed by atoms with E-state index in [9.17, 15) is 18.0 Å². The third-order valence-corrected chi connectivity index (χ3v) is 7.71. The number of nitrogens with one attached hydrogen (secondary N) is 1. The maximum atomic E-state index is 12.6. The lowest BCUT2D eigenvalue weighted by molar-refractivity contribution is -0.115. The van der Waals surface area contributed by atoms with Crippen molar-refractivity contribution in [2.45, 2.75) is 43.1 Å². The topological polar surface area (TPSA) is 111 Å². The Kier molecular flexibility index (Phi) is 6.77. The molecule has 0 bridgehead atoms. The highest BCUT2D eigenvalue weighted by Gasteiger charge is 2.33. The monoisotopic (exact) mass is 448 g/mol. The summed E-state index contributed by atoms with van der Waals surface area (Å²) in [5.41, 5.74) is 1.18. The summed E-state index contributed by atoms with van der Waals surface area (Å²) in [5.74, 6) is 0.395. The van der Waals surface area contributed by atoms with Crippen LogP contribution >= 0.6 is 11.8 Å². The molecule has 8 nitrogen and oxygen atoms in total. The van der Waals surface area contributed by atoms with Crippen molar-refractivity contribution in [2.24, 2.45) is 0 Å². The van der Waals surface area contributed by atoms with Crippen molar-refractivity contribution >= 4 is 39.0 Å². The van der Waals surface area contributed by atoms with Gasteiger partial charge in [-0.2, -0.15) is 0 Å². The lowest BCUT2D eigenvalue weighted by Crippen LogP contribution is -2.23. The van der Waals surface area contributed by atoms with Gasteiger partial charge in [-0.1, -0.05) is 17.8 Å². The minimum absolute atomic E-state index is 0.0378. The fourth-order valence-corrected chi connectivity index (χ4v) is 5.84. The van der Waals surface area contributed by atoms with Crippen LogP contribution in [0.4, 0.5) is 5.69 Å². The molecule has 0 aliphatic carbocycles. The highest BCUT2D eigenvalue weighted by atomic mass is 32.2. The number of hydrogen-bond acceptors (Lipinski definition) is 7. The number of benzene rings is 1. The molecule has 1 aromatic heterocycles. The van der Waals surface area contributed by atoms with Crippen LogP contribution in [0.2, 0.25) is 0 Å². The van der Waals surface area contributed by atoms with E-state index in [1.165, 1.54) is 18.7 Å². The summed E-state index contributed by atoms with van der Waals surface area (Å²) in [5, 5.41) is 11.3. The smallest absolute Gasteiger partial charge is 0.237 e. The molecule has 0 spiro atoms. The molecule has 30 heavy (non-hydrogen) atoms. The van der Waals surface area contributed by atoms with E-state index in [0.29, 0.717) is 35.2 Å². The number of hydrogen-bond donors (Lipinski definition) is 1. The molecule has 1 saturated heterocycles. The first-order valence-electron chi connectivity index (χ1n) is 9.53. The van der Waals surface area contributed by atoms with E-state index in [2.05, 4.69) is 22.1 Å². The maximum absolute atomic E-state index is 12.6. The van der Waals surface area contributed by atoms with Gasteiger partial charge in [0.05, 0.1) is 16.8 Å². The van der Waals surface area contributed by atoms with E-state index >= 15 is 0 Å². The lowest BCUT2D eigenvalue weighted by Gasteiger charge is -2.14. The number of sulfone groups is 1. The van der Waals surface area contributed by atoms with Gasteiger partial charge in [0.15, 0.2) is 20.8 Å². The fourth-order valence-electron chi connectivity index (χ4n) is 3.23. The van der Waals surface area contributed by atoms with Crippen LogP contribution in [-0.2, 0) is 21.2 Å². The van der Waals surface area contributed by atoms with E-state index in [-0.39, 0.29) is 29.1 Å². The van der Waals surface area contributed by atoms with Crippen LogP contribution in [0.25, 0.3) is 0 Å². The Balaban J connectivity index is 1.71. The van der Waals surface area contributed by atoms with Gasteiger partial charge in [0.2, 0.25) is 5.91 Å². The number of allylic oxidation sites excluding steroid dienone is 1. The summed E-state index contributed by atoms with van der Waals surface area (Å²) in [6.07, 6.45) is 2.22. The van der Waals surface area contributed by atoms with Crippen molar-refractivity contribution in [3.8, 4) is 0 Å². The van der Waals surface area contributed by atoms with Crippen molar-refractivity contribution in [3.63, 3.8) is 0 Å². The molecular weight excluding hydrogens is 424 g/mol. The first-order chi connectivity index (χ1) is 14.2. The van der Waals surface area contributed by atoms with Gasteiger partial charge < -0.3 is 9.88 Å². The average molecular weight is 449 g/mol. The van der Waals surface area contributed by atoms with Gasteiger partial charge in [0.25, 0.3) is 0 Å². The number of aromatic nitrogens is 3. The third-order valence-electron chi connectivity index (χ3n) is 4.87.